The zero-order valence-electron chi connectivity index (χ0n) is 6.74. The Morgan fingerprint density at radius 2 is 2.08 bits per heavy atom. The lowest BCUT2D eigenvalue weighted by molar-refractivity contribution is -0.0697. The van der Waals surface area contributed by atoms with Crippen LogP contribution >= 0.6 is 0 Å². The molecule has 0 N–H and O–H groups in total. The van der Waals surface area contributed by atoms with Crippen molar-refractivity contribution in [1.82, 2.24) is 0 Å². The van der Waals surface area contributed by atoms with Gasteiger partial charge in [0.25, 0.3) is 0 Å². The summed E-state index contributed by atoms with van der Waals surface area (Å²) >= 11 is 0. The van der Waals surface area contributed by atoms with Crippen LogP contribution < -0.4 is 0 Å². The van der Waals surface area contributed by atoms with E-state index in [9.17, 15) is 13.2 Å². The number of hydrogen-bond acceptors (Lipinski definition) is 1. The predicted molar refractivity (Wildman–Crippen MR) is 39.0 cm³/mol. The minimum atomic E-state index is -4.38. The molecule has 0 atom stereocenters. The van der Waals surface area contributed by atoms with E-state index in [1.54, 1.807) is 0 Å². The molecular formula is C8H10F3O. The fourth-order valence-electron chi connectivity index (χ4n) is 0.474. The van der Waals surface area contributed by atoms with E-state index in [1.165, 1.54) is 6.61 Å². The Bertz CT molecular complexity index is 163. The molecule has 0 aromatic carbocycles. The van der Waals surface area contributed by atoms with E-state index in [0.717, 1.165) is 12.3 Å². The summed E-state index contributed by atoms with van der Waals surface area (Å²) < 4.78 is 39.0. The first kappa shape index (κ1) is 11.3. The molecule has 0 rings (SSSR count). The standard InChI is InChI=1S/C8H10F3O/c1-2-6-12-7-4-3-5-8(9,10)11/h6H,2,4,7H2,1H3. The molecule has 69 valence electrons. The van der Waals surface area contributed by atoms with Gasteiger partial charge in [-0.1, -0.05) is 12.8 Å². The first-order valence-electron chi connectivity index (χ1n) is 3.56. The predicted octanol–water partition coefficient (Wildman–Crippen LogP) is 2.53. The Balaban J connectivity index is 3.34. The molecule has 0 bridgehead atoms. The summed E-state index contributed by atoms with van der Waals surface area (Å²) in [5.41, 5.74) is 0. The van der Waals surface area contributed by atoms with Crippen molar-refractivity contribution in [2.75, 3.05) is 6.61 Å². The molecule has 0 aliphatic carbocycles. The molecule has 0 aliphatic heterocycles. The van der Waals surface area contributed by atoms with Crippen LogP contribution in [0.5, 0.6) is 0 Å². The summed E-state index contributed by atoms with van der Waals surface area (Å²) in [6, 6.07) is 0. The Labute approximate surface area is 69.9 Å². The second-order valence-corrected chi connectivity index (χ2v) is 2.00. The van der Waals surface area contributed by atoms with E-state index in [0.29, 0.717) is 0 Å². The van der Waals surface area contributed by atoms with Crippen LogP contribution in [0.15, 0.2) is 0 Å². The Morgan fingerprint density at radius 3 is 2.58 bits per heavy atom. The lowest BCUT2D eigenvalue weighted by Gasteiger charge is -1.96. The number of halogens is 3. The van der Waals surface area contributed by atoms with Crippen LogP contribution in [0, 0.1) is 18.4 Å². The lowest BCUT2D eigenvalue weighted by Crippen LogP contribution is -2.01. The SMILES string of the molecule is CC[CH]OCCC#CC(F)(F)F. The second-order valence-electron chi connectivity index (χ2n) is 2.00. The Morgan fingerprint density at radius 1 is 1.42 bits per heavy atom. The van der Waals surface area contributed by atoms with Crippen LogP contribution in [0.2, 0.25) is 0 Å². The zero-order valence-corrected chi connectivity index (χ0v) is 6.74. The fourth-order valence-corrected chi connectivity index (χ4v) is 0.474. The molecule has 0 aromatic rings. The first-order chi connectivity index (χ1) is 5.56. The van der Waals surface area contributed by atoms with Gasteiger partial charge in [-0.15, -0.1) is 0 Å². The number of hydrogen-bond donors (Lipinski definition) is 0. The van der Waals surface area contributed by atoms with Gasteiger partial charge in [0.1, 0.15) is 0 Å². The molecule has 0 spiro atoms. The second kappa shape index (κ2) is 5.90. The molecule has 0 amide bonds. The molecule has 4 heteroatoms. The van der Waals surface area contributed by atoms with Gasteiger partial charge in [0.2, 0.25) is 0 Å². The van der Waals surface area contributed by atoms with E-state index < -0.39 is 6.18 Å². The van der Waals surface area contributed by atoms with Crippen molar-refractivity contribution in [3.8, 4) is 11.8 Å². The van der Waals surface area contributed by atoms with Crippen molar-refractivity contribution >= 4 is 0 Å². The lowest BCUT2D eigenvalue weighted by atomic mass is 10.4. The van der Waals surface area contributed by atoms with Gasteiger partial charge in [0.15, 0.2) is 0 Å². The molecule has 1 nitrogen and oxygen atoms in total. The largest absolute Gasteiger partial charge is 0.457 e. The monoisotopic (exact) mass is 179 g/mol. The van der Waals surface area contributed by atoms with Crippen LogP contribution in [0.4, 0.5) is 13.2 Å². The fraction of sp³-hybridized carbons (Fsp3) is 0.625. The molecule has 1 radical (unpaired) electrons. The quantitative estimate of drug-likeness (QED) is 0.476. The van der Waals surface area contributed by atoms with Crippen LogP contribution in [0.1, 0.15) is 19.8 Å². The number of rotatable bonds is 4. The highest BCUT2D eigenvalue weighted by molar-refractivity contribution is 5.04. The third-order valence-electron chi connectivity index (χ3n) is 0.860. The smallest absolute Gasteiger partial charge is 0.375 e. The van der Waals surface area contributed by atoms with Gasteiger partial charge < -0.3 is 4.74 Å². The van der Waals surface area contributed by atoms with Gasteiger partial charge >= 0.3 is 6.18 Å². The summed E-state index contributed by atoms with van der Waals surface area (Å²) in [7, 11) is 0. The van der Waals surface area contributed by atoms with E-state index in [-0.39, 0.29) is 13.0 Å². The van der Waals surface area contributed by atoms with Gasteiger partial charge in [-0.25, -0.2) is 0 Å². The highest BCUT2D eigenvalue weighted by Gasteiger charge is 2.22. The van der Waals surface area contributed by atoms with Crippen molar-refractivity contribution in [1.29, 1.82) is 0 Å². The van der Waals surface area contributed by atoms with Gasteiger partial charge in [-0.2, -0.15) is 13.2 Å². The highest BCUT2D eigenvalue weighted by atomic mass is 19.4. The summed E-state index contributed by atoms with van der Waals surface area (Å²) in [4.78, 5) is 0. The number of ether oxygens (including phenoxy) is 1. The van der Waals surface area contributed by atoms with Crippen LogP contribution in [-0.2, 0) is 4.74 Å². The maximum atomic E-state index is 11.4. The molecule has 0 saturated carbocycles. The first-order valence-corrected chi connectivity index (χ1v) is 3.56. The van der Waals surface area contributed by atoms with Crippen LogP contribution in [0.25, 0.3) is 0 Å². The minimum absolute atomic E-state index is 0.107. The van der Waals surface area contributed by atoms with Crippen LogP contribution in [0.3, 0.4) is 0 Å². The summed E-state index contributed by atoms with van der Waals surface area (Å²) in [6.45, 7) is 3.63. The minimum Gasteiger partial charge on any atom is -0.375 e. The average Bonchev–Trinajstić information content (AvgIpc) is 1.94. The maximum Gasteiger partial charge on any atom is 0.457 e. The maximum absolute atomic E-state index is 11.4. The van der Waals surface area contributed by atoms with Gasteiger partial charge in [-0.3, -0.25) is 0 Å². The molecular weight excluding hydrogens is 169 g/mol. The summed E-state index contributed by atoms with van der Waals surface area (Å²) in [5, 5.41) is 0. The molecule has 0 aromatic heterocycles. The van der Waals surface area contributed by atoms with Crippen molar-refractivity contribution in [3.63, 3.8) is 0 Å². The molecule has 0 fully saturated rings. The van der Waals surface area contributed by atoms with Gasteiger partial charge in [0, 0.05) is 12.3 Å². The van der Waals surface area contributed by atoms with Crippen molar-refractivity contribution in [2.24, 2.45) is 0 Å². The highest BCUT2D eigenvalue weighted by Crippen LogP contribution is 2.11. The molecule has 0 saturated heterocycles. The van der Waals surface area contributed by atoms with E-state index in [1.807, 2.05) is 12.8 Å². The average molecular weight is 179 g/mol. The summed E-state index contributed by atoms with van der Waals surface area (Å²) in [5.74, 6) is 3.12. The molecule has 12 heavy (non-hydrogen) atoms. The number of alkyl halides is 3. The normalized spacial score (nSPS) is 10.7. The topological polar surface area (TPSA) is 9.23 Å². The van der Waals surface area contributed by atoms with Crippen molar-refractivity contribution in [2.45, 2.75) is 25.9 Å². The van der Waals surface area contributed by atoms with E-state index in [4.69, 9.17) is 4.74 Å². The van der Waals surface area contributed by atoms with Crippen molar-refractivity contribution < 1.29 is 17.9 Å². The van der Waals surface area contributed by atoms with E-state index in [2.05, 4.69) is 0 Å². The van der Waals surface area contributed by atoms with Crippen molar-refractivity contribution in [3.05, 3.63) is 6.61 Å². The third-order valence-corrected chi connectivity index (χ3v) is 0.860. The Hall–Kier alpha value is -0.690. The molecule has 0 unspecified atom stereocenters. The third kappa shape index (κ3) is 9.31. The van der Waals surface area contributed by atoms with Crippen LogP contribution in [-0.4, -0.2) is 12.8 Å². The zero-order chi connectivity index (χ0) is 9.45. The molecule has 0 aliphatic rings. The van der Waals surface area contributed by atoms with Gasteiger partial charge in [-0.05, 0) is 6.42 Å². The Kier molecular flexibility index (Phi) is 5.56. The van der Waals surface area contributed by atoms with E-state index >= 15 is 0 Å². The molecule has 0 heterocycles. The van der Waals surface area contributed by atoms with Gasteiger partial charge in [0.05, 0.1) is 13.2 Å². The summed E-state index contributed by atoms with van der Waals surface area (Å²) in [6.07, 6.45) is -3.53.